The predicted molar refractivity (Wildman–Crippen MR) is 46.0 cm³/mol. The van der Waals surface area contributed by atoms with Crippen molar-refractivity contribution in [2.75, 3.05) is 13.2 Å². The smallest absolute Gasteiger partial charge is 0.309 e. The lowest BCUT2D eigenvalue weighted by Crippen LogP contribution is -2.05. The second-order valence-corrected chi connectivity index (χ2v) is 5.10. The lowest BCUT2D eigenvalue weighted by Gasteiger charge is -2.19. The fourth-order valence-electron chi connectivity index (χ4n) is 0.695. The van der Waals surface area contributed by atoms with Crippen LogP contribution in [0.5, 0.6) is 0 Å². The Labute approximate surface area is 68.6 Å². The van der Waals surface area contributed by atoms with Crippen molar-refractivity contribution in [2.24, 2.45) is 0 Å². The molecule has 68 valence electrons. The van der Waals surface area contributed by atoms with E-state index in [4.69, 9.17) is 9.05 Å². The topological polar surface area (TPSA) is 35.5 Å². The fourth-order valence-corrected chi connectivity index (χ4v) is 2.09. The highest BCUT2D eigenvalue weighted by Crippen LogP contribution is 2.52. The molecule has 0 aromatic rings. The molecule has 3 nitrogen and oxygen atoms in total. The van der Waals surface area contributed by atoms with Crippen LogP contribution in [0.15, 0.2) is 0 Å². The monoisotopic (exact) mass is 180 g/mol. The van der Waals surface area contributed by atoms with Crippen LogP contribution < -0.4 is 0 Å². The minimum atomic E-state index is -2.79. The van der Waals surface area contributed by atoms with Crippen molar-refractivity contribution >= 4 is 7.60 Å². The van der Waals surface area contributed by atoms with Crippen LogP contribution in [0.25, 0.3) is 0 Å². The molecule has 0 rings (SSSR count). The second kappa shape index (κ2) is 4.91. The normalized spacial score (nSPS) is 12.5. The van der Waals surface area contributed by atoms with E-state index in [-0.39, 0.29) is 5.66 Å². The van der Waals surface area contributed by atoms with Crippen molar-refractivity contribution in [2.45, 2.75) is 33.4 Å². The zero-order chi connectivity index (χ0) is 8.91. The van der Waals surface area contributed by atoms with Gasteiger partial charge in [-0.2, -0.15) is 0 Å². The highest BCUT2D eigenvalue weighted by molar-refractivity contribution is 7.54. The van der Waals surface area contributed by atoms with Crippen LogP contribution in [0.1, 0.15) is 27.7 Å². The van der Waals surface area contributed by atoms with E-state index < -0.39 is 7.60 Å². The Morgan fingerprint density at radius 3 is 1.73 bits per heavy atom. The predicted octanol–water partition coefficient (Wildman–Crippen LogP) is 2.66. The van der Waals surface area contributed by atoms with E-state index in [1.807, 2.05) is 27.7 Å². The van der Waals surface area contributed by atoms with Crippen molar-refractivity contribution < 1.29 is 13.6 Å². The molecule has 0 bridgehead atoms. The molecular weight excluding hydrogens is 163 g/mol. The summed E-state index contributed by atoms with van der Waals surface area (Å²) in [6.07, 6.45) is 0. The molecule has 0 aromatic heterocycles. The Hall–Kier alpha value is 0.150. The van der Waals surface area contributed by atoms with Crippen LogP contribution in [-0.4, -0.2) is 18.9 Å². The average Bonchev–Trinajstić information content (AvgIpc) is 1.88. The van der Waals surface area contributed by atoms with Gasteiger partial charge in [-0.25, -0.2) is 0 Å². The molecule has 0 N–H and O–H groups in total. The number of rotatable bonds is 5. The molecule has 0 aliphatic carbocycles. The minimum absolute atomic E-state index is 0.0533. The van der Waals surface area contributed by atoms with Crippen LogP contribution in [0.3, 0.4) is 0 Å². The molecule has 11 heavy (non-hydrogen) atoms. The van der Waals surface area contributed by atoms with Crippen LogP contribution in [0, 0.1) is 0 Å². The summed E-state index contributed by atoms with van der Waals surface area (Å²) in [6.45, 7) is 8.19. The maximum Gasteiger partial charge on any atom is 0.333 e. The van der Waals surface area contributed by atoms with Gasteiger partial charge in [0.1, 0.15) is 0 Å². The van der Waals surface area contributed by atoms with Crippen LogP contribution in [0.2, 0.25) is 0 Å². The Kier molecular flexibility index (Phi) is 4.98. The standard InChI is InChI=1S/C7H17O3P/c1-5-9-11(8,7(3)4)10-6-2/h7H,5-6H2,1-4H3. The van der Waals surface area contributed by atoms with Gasteiger partial charge < -0.3 is 9.05 Å². The van der Waals surface area contributed by atoms with E-state index in [0.717, 1.165) is 0 Å². The molecular formula is C7H17O3P. The molecule has 0 heterocycles. The first-order chi connectivity index (χ1) is 5.06. The Balaban J connectivity index is 4.14. The summed E-state index contributed by atoms with van der Waals surface area (Å²) >= 11 is 0. The summed E-state index contributed by atoms with van der Waals surface area (Å²) in [6, 6.07) is 0. The van der Waals surface area contributed by atoms with E-state index in [9.17, 15) is 4.57 Å². The molecule has 0 fully saturated rings. The van der Waals surface area contributed by atoms with Crippen LogP contribution in [-0.2, 0) is 13.6 Å². The fraction of sp³-hybridized carbons (Fsp3) is 1.00. The van der Waals surface area contributed by atoms with Crippen molar-refractivity contribution in [1.82, 2.24) is 0 Å². The van der Waals surface area contributed by atoms with Crippen LogP contribution in [0.4, 0.5) is 0 Å². The molecule has 0 saturated heterocycles. The molecule has 0 radical (unpaired) electrons. The van der Waals surface area contributed by atoms with Crippen LogP contribution >= 0.6 is 7.60 Å². The van der Waals surface area contributed by atoms with E-state index in [0.29, 0.717) is 13.2 Å². The molecule has 0 aliphatic rings. The molecule has 0 saturated carbocycles. The van der Waals surface area contributed by atoms with Gasteiger partial charge in [-0.1, -0.05) is 13.8 Å². The summed E-state index contributed by atoms with van der Waals surface area (Å²) < 4.78 is 21.8. The molecule has 0 aliphatic heterocycles. The Morgan fingerprint density at radius 1 is 1.18 bits per heavy atom. The first-order valence-corrected chi connectivity index (χ1v) is 5.56. The third-order valence-electron chi connectivity index (χ3n) is 1.25. The average molecular weight is 180 g/mol. The summed E-state index contributed by atoms with van der Waals surface area (Å²) in [5.41, 5.74) is -0.0533. The van der Waals surface area contributed by atoms with Gasteiger partial charge in [0.2, 0.25) is 0 Å². The van der Waals surface area contributed by atoms with E-state index >= 15 is 0 Å². The summed E-state index contributed by atoms with van der Waals surface area (Å²) in [4.78, 5) is 0. The maximum absolute atomic E-state index is 11.7. The Morgan fingerprint density at radius 2 is 1.55 bits per heavy atom. The van der Waals surface area contributed by atoms with Gasteiger partial charge in [0.05, 0.1) is 18.9 Å². The quantitative estimate of drug-likeness (QED) is 0.610. The first kappa shape index (κ1) is 11.2. The molecule has 0 amide bonds. The largest absolute Gasteiger partial charge is 0.333 e. The number of hydrogen-bond donors (Lipinski definition) is 0. The molecule has 0 aromatic carbocycles. The van der Waals surface area contributed by atoms with Crippen molar-refractivity contribution in [3.63, 3.8) is 0 Å². The van der Waals surface area contributed by atoms with Crippen molar-refractivity contribution in [1.29, 1.82) is 0 Å². The van der Waals surface area contributed by atoms with Crippen molar-refractivity contribution in [3.05, 3.63) is 0 Å². The third-order valence-corrected chi connectivity index (χ3v) is 3.75. The second-order valence-electron chi connectivity index (χ2n) is 2.47. The van der Waals surface area contributed by atoms with Gasteiger partial charge in [0.25, 0.3) is 0 Å². The summed E-state index contributed by atoms with van der Waals surface area (Å²) in [5, 5.41) is 0. The van der Waals surface area contributed by atoms with Gasteiger partial charge >= 0.3 is 7.60 Å². The van der Waals surface area contributed by atoms with Gasteiger partial charge in [-0.05, 0) is 13.8 Å². The molecule has 4 heteroatoms. The molecule has 0 spiro atoms. The van der Waals surface area contributed by atoms with E-state index in [1.165, 1.54) is 0 Å². The summed E-state index contributed by atoms with van der Waals surface area (Å²) in [5.74, 6) is 0. The first-order valence-electron chi connectivity index (χ1n) is 3.95. The number of hydrogen-bond acceptors (Lipinski definition) is 3. The molecule has 0 atom stereocenters. The maximum atomic E-state index is 11.7. The lowest BCUT2D eigenvalue weighted by atomic mass is 10.6. The summed E-state index contributed by atoms with van der Waals surface area (Å²) in [7, 11) is -2.79. The van der Waals surface area contributed by atoms with Crippen molar-refractivity contribution in [3.8, 4) is 0 Å². The van der Waals surface area contributed by atoms with Gasteiger partial charge in [-0.3, -0.25) is 4.57 Å². The highest BCUT2D eigenvalue weighted by atomic mass is 31.2. The zero-order valence-corrected chi connectivity index (χ0v) is 8.56. The van der Waals surface area contributed by atoms with Gasteiger partial charge in [-0.15, -0.1) is 0 Å². The van der Waals surface area contributed by atoms with E-state index in [1.54, 1.807) is 0 Å². The minimum Gasteiger partial charge on any atom is -0.309 e. The third kappa shape index (κ3) is 3.37. The molecule has 0 unspecified atom stereocenters. The van der Waals surface area contributed by atoms with E-state index in [2.05, 4.69) is 0 Å². The highest BCUT2D eigenvalue weighted by Gasteiger charge is 2.27. The Bertz CT molecular complexity index is 135. The SMILES string of the molecule is CCOP(=O)(OCC)C(C)C. The zero-order valence-electron chi connectivity index (χ0n) is 7.66. The van der Waals surface area contributed by atoms with Gasteiger partial charge in [0, 0.05) is 0 Å². The van der Waals surface area contributed by atoms with Gasteiger partial charge in [0.15, 0.2) is 0 Å². The lowest BCUT2D eigenvalue weighted by molar-refractivity contribution is 0.214.